The first kappa shape index (κ1) is 8.86. The minimum atomic E-state index is -0.995. The Hall–Kier alpha value is -1.72. The van der Waals surface area contributed by atoms with Crippen LogP contribution in [0.1, 0.15) is 6.42 Å². The highest BCUT2D eigenvalue weighted by Gasteiger charge is 2.53. The number of hydrogen-bond donors (Lipinski definition) is 1. The lowest BCUT2D eigenvalue weighted by Crippen LogP contribution is -2.47. The van der Waals surface area contributed by atoms with Gasteiger partial charge in [-0.15, -0.1) is 0 Å². The minimum Gasteiger partial charge on any atom is -0.296 e. The van der Waals surface area contributed by atoms with Crippen molar-refractivity contribution in [3.63, 3.8) is 0 Å². The Morgan fingerprint density at radius 1 is 1.21 bits per heavy atom. The second-order valence-electron chi connectivity index (χ2n) is 3.44. The minimum absolute atomic E-state index is 0.0781. The van der Waals surface area contributed by atoms with E-state index in [9.17, 15) is 19.2 Å². The van der Waals surface area contributed by atoms with Crippen LogP contribution in [0.15, 0.2) is 0 Å². The fraction of sp³-hybridized carbons (Fsp3) is 0.500. The molecular formula is C8H8N2O4. The summed E-state index contributed by atoms with van der Waals surface area (Å²) in [6.45, 7) is 0. The lowest BCUT2D eigenvalue weighted by atomic mass is 9.88. The van der Waals surface area contributed by atoms with Gasteiger partial charge in [0, 0.05) is 13.5 Å². The van der Waals surface area contributed by atoms with Gasteiger partial charge in [-0.05, 0) is 0 Å². The number of fused-ring (bicyclic) bond motifs is 1. The molecule has 2 heterocycles. The molecule has 4 amide bonds. The van der Waals surface area contributed by atoms with Crippen molar-refractivity contribution in [2.24, 2.45) is 11.8 Å². The number of hydrogen-bond acceptors (Lipinski definition) is 4. The molecular weight excluding hydrogens is 188 g/mol. The van der Waals surface area contributed by atoms with Crippen LogP contribution in [0.5, 0.6) is 0 Å². The average Bonchev–Trinajstić information content (AvgIpc) is 2.31. The van der Waals surface area contributed by atoms with Gasteiger partial charge >= 0.3 is 0 Å². The Balaban J connectivity index is 2.38. The van der Waals surface area contributed by atoms with E-state index in [0.717, 1.165) is 4.90 Å². The number of likely N-dealkylation sites (tertiary alicyclic amines) is 1. The Kier molecular flexibility index (Phi) is 1.67. The summed E-state index contributed by atoms with van der Waals surface area (Å²) < 4.78 is 0. The van der Waals surface area contributed by atoms with Crippen molar-refractivity contribution < 1.29 is 19.2 Å². The third-order valence-electron chi connectivity index (χ3n) is 2.60. The van der Waals surface area contributed by atoms with Crippen LogP contribution in [0.3, 0.4) is 0 Å². The van der Waals surface area contributed by atoms with Gasteiger partial charge in [-0.25, -0.2) is 0 Å². The maximum atomic E-state index is 11.4. The summed E-state index contributed by atoms with van der Waals surface area (Å²) in [7, 11) is 1.32. The van der Waals surface area contributed by atoms with E-state index in [-0.39, 0.29) is 6.42 Å². The predicted octanol–water partition coefficient (Wildman–Crippen LogP) is -1.74. The highest BCUT2D eigenvalue weighted by Crippen LogP contribution is 2.30. The molecule has 2 fully saturated rings. The first-order valence-electron chi connectivity index (χ1n) is 4.17. The van der Waals surface area contributed by atoms with E-state index in [1.165, 1.54) is 7.05 Å². The van der Waals surface area contributed by atoms with Crippen molar-refractivity contribution in [1.29, 1.82) is 0 Å². The van der Waals surface area contributed by atoms with Gasteiger partial charge in [0.25, 0.3) is 0 Å². The summed E-state index contributed by atoms with van der Waals surface area (Å²) >= 11 is 0. The van der Waals surface area contributed by atoms with Gasteiger partial charge in [0.1, 0.15) is 5.92 Å². The molecule has 74 valence electrons. The fourth-order valence-corrected chi connectivity index (χ4v) is 1.85. The topological polar surface area (TPSA) is 83.6 Å². The normalized spacial score (nSPS) is 31.9. The molecule has 0 aromatic heterocycles. The number of rotatable bonds is 0. The van der Waals surface area contributed by atoms with Crippen LogP contribution < -0.4 is 5.32 Å². The van der Waals surface area contributed by atoms with E-state index in [1.807, 2.05) is 5.32 Å². The van der Waals surface area contributed by atoms with E-state index in [2.05, 4.69) is 0 Å². The molecule has 0 aromatic rings. The SMILES string of the molecule is CN1C(=O)C2CC(=O)NC(=O)C2C1=O. The summed E-state index contributed by atoms with van der Waals surface area (Å²) in [6.07, 6.45) is -0.0781. The number of imide groups is 2. The fourth-order valence-electron chi connectivity index (χ4n) is 1.85. The second kappa shape index (κ2) is 2.63. The molecule has 6 nitrogen and oxygen atoms in total. The van der Waals surface area contributed by atoms with Gasteiger partial charge in [0.05, 0.1) is 5.92 Å². The first-order chi connectivity index (χ1) is 6.52. The zero-order chi connectivity index (χ0) is 10.5. The van der Waals surface area contributed by atoms with E-state index in [4.69, 9.17) is 0 Å². The molecule has 2 rings (SSSR count). The van der Waals surface area contributed by atoms with Crippen molar-refractivity contribution in [2.45, 2.75) is 6.42 Å². The number of piperidine rings is 1. The van der Waals surface area contributed by atoms with E-state index >= 15 is 0 Å². The van der Waals surface area contributed by atoms with Crippen molar-refractivity contribution in [3.8, 4) is 0 Å². The van der Waals surface area contributed by atoms with Crippen LogP contribution in [0, 0.1) is 11.8 Å². The number of nitrogens with zero attached hydrogens (tertiary/aromatic N) is 1. The Morgan fingerprint density at radius 2 is 1.86 bits per heavy atom. The predicted molar refractivity (Wildman–Crippen MR) is 42.5 cm³/mol. The lowest BCUT2D eigenvalue weighted by Gasteiger charge is -2.19. The average molecular weight is 196 g/mol. The third kappa shape index (κ3) is 0.966. The van der Waals surface area contributed by atoms with Crippen LogP contribution in [-0.4, -0.2) is 35.6 Å². The summed E-state index contributed by atoms with van der Waals surface area (Å²) in [6, 6.07) is 0. The highest BCUT2D eigenvalue weighted by atomic mass is 16.2. The van der Waals surface area contributed by atoms with Crippen LogP contribution in [0.4, 0.5) is 0 Å². The van der Waals surface area contributed by atoms with Gasteiger partial charge in [-0.3, -0.25) is 29.4 Å². The summed E-state index contributed by atoms with van der Waals surface area (Å²) in [5.41, 5.74) is 0. The molecule has 2 saturated heterocycles. The highest BCUT2D eigenvalue weighted by molar-refractivity contribution is 6.19. The van der Waals surface area contributed by atoms with Crippen molar-refractivity contribution in [2.75, 3.05) is 7.05 Å². The maximum Gasteiger partial charge on any atom is 0.242 e. The van der Waals surface area contributed by atoms with Gasteiger partial charge in [-0.1, -0.05) is 0 Å². The maximum absolute atomic E-state index is 11.4. The zero-order valence-corrected chi connectivity index (χ0v) is 7.44. The standard InChI is InChI=1S/C8H8N2O4/c1-10-7(13)3-2-4(11)9-6(12)5(3)8(10)14/h3,5H,2H2,1H3,(H,9,11,12). The van der Waals surface area contributed by atoms with Crippen molar-refractivity contribution in [3.05, 3.63) is 0 Å². The Morgan fingerprint density at radius 3 is 2.50 bits per heavy atom. The molecule has 1 N–H and O–H groups in total. The largest absolute Gasteiger partial charge is 0.296 e. The molecule has 2 aliphatic rings. The van der Waals surface area contributed by atoms with Crippen LogP contribution in [0.2, 0.25) is 0 Å². The molecule has 0 bridgehead atoms. The summed E-state index contributed by atoms with van der Waals surface area (Å²) in [5.74, 6) is -3.89. The van der Waals surface area contributed by atoms with Crippen molar-refractivity contribution >= 4 is 23.6 Å². The molecule has 0 aliphatic carbocycles. The Labute approximate surface area is 79.2 Å². The lowest BCUT2D eigenvalue weighted by molar-refractivity contribution is -0.143. The Bertz CT molecular complexity index is 362. The van der Waals surface area contributed by atoms with Crippen molar-refractivity contribution in [1.82, 2.24) is 10.2 Å². The van der Waals surface area contributed by atoms with Crippen LogP contribution in [0.25, 0.3) is 0 Å². The van der Waals surface area contributed by atoms with Crippen LogP contribution >= 0.6 is 0 Å². The molecule has 0 spiro atoms. The molecule has 0 aromatic carbocycles. The quantitative estimate of drug-likeness (QED) is 0.368. The number of amides is 4. The van der Waals surface area contributed by atoms with E-state index < -0.39 is 35.5 Å². The molecule has 0 saturated carbocycles. The first-order valence-corrected chi connectivity index (χ1v) is 4.17. The molecule has 0 radical (unpaired) electrons. The van der Waals surface area contributed by atoms with Crippen LogP contribution in [-0.2, 0) is 19.2 Å². The third-order valence-corrected chi connectivity index (χ3v) is 2.60. The number of nitrogens with one attached hydrogen (secondary N) is 1. The van der Waals surface area contributed by atoms with Gasteiger partial charge in [0.15, 0.2) is 0 Å². The van der Waals surface area contributed by atoms with E-state index in [1.54, 1.807) is 0 Å². The molecule has 2 unspecified atom stereocenters. The monoisotopic (exact) mass is 196 g/mol. The summed E-state index contributed by atoms with van der Waals surface area (Å²) in [5, 5.41) is 2.04. The van der Waals surface area contributed by atoms with Gasteiger partial charge in [0.2, 0.25) is 23.6 Å². The van der Waals surface area contributed by atoms with Gasteiger partial charge in [-0.2, -0.15) is 0 Å². The van der Waals surface area contributed by atoms with Gasteiger partial charge < -0.3 is 0 Å². The molecule has 6 heteroatoms. The molecule has 2 atom stereocenters. The molecule has 2 aliphatic heterocycles. The zero-order valence-electron chi connectivity index (χ0n) is 7.44. The number of carbonyl (C=O) groups is 4. The van der Waals surface area contributed by atoms with E-state index in [0.29, 0.717) is 0 Å². The number of carbonyl (C=O) groups excluding carboxylic acids is 4. The molecule has 14 heavy (non-hydrogen) atoms. The summed E-state index contributed by atoms with van der Waals surface area (Å²) in [4.78, 5) is 45.9. The second-order valence-corrected chi connectivity index (χ2v) is 3.44. The smallest absolute Gasteiger partial charge is 0.242 e.